The number of halogens is 1. The van der Waals surface area contributed by atoms with Gasteiger partial charge in [-0.3, -0.25) is 4.79 Å². The van der Waals surface area contributed by atoms with Gasteiger partial charge >= 0.3 is 5.97 Å². The van der Waals surface area contributed by atoms with Crippen LogP contribution in [0.4, 0.5) is 0 Å². The van der Waals surface area contributed by atoms with Crippen LogP contribution in [0.1, 0.15) is 33.6 Å². The number of rotatable bonds is 6. The molecule has 0 fully saturated rings. The molecule has 1 unspecified atom stereocenters. The van der Waals surface area contributed by atoms with E-state index in [0.29, 0.717) is 24.9 Å². The molecular weight excluding hydrogens is 232 g/mol. The van der Waals surface area contributed by atoms with Gasteiger partial charge in [-0.2, -0.15) is 0 Å². The topological polar surface area (TPSA) is 26.3 Å². The Morgan fingerprint density at radius 1 is 1.38 bits per heavy atom. The quantitative estimate of drug-likeness (QED) is 0.535. The lowest BCUT2D eigenvalue weighted by molar-refractivity contribution is -0.144. The molecule has 2 nitrogen and oxygen atoms in total. The molecular formula is C10H19BrO2. The van der Waals surface area contributed by atoms with Gasteiger partial charge in [-0.15, -0.1) is 0 Å². The lowest BCUT2D eigenvalue weighted by Crippen LogP contribution is -2.12. The molecule has 2 atom stereocenters. The minimum Gasteiger partial charge on any atom is -0.466 e. The average Bonchev–Trinajstić information content (AvgIpc) is 2.04. The molecule has 78 valence electrons. The molecule has 0 spiro atoms. The van der Waals surface area contributed by atoms with Crippen LogP contribution in [0, 0.1) is 11.8 Å². The summed E-state index contributed by atoms with van der Waals surface area (Å²) < 4.78 is 4.88. The molecule has 0 heterocycles. The molecule has 0 N–H and O–H groups in total. The van der Waals surface area contributed by atoms with Crippen molar-refractivity contribution >= 4 is 21.9 Å². The Kier molecular flexibility index (Phi) is 7.33. The summed E-state index contributed by atoms with van der Waals surface area (Å²) in [6, 6.07) is 0. The van der Waals surface area contributed by atoms with Gasteiger partial charge in [0.2, 0.25) is 0 Å². The summed E-state index contributed by atoms with van der Waals surface area (Å²) in [4.78, 5) is 11.1. The van der Waals surface area contributed by atoms with E-state index in [1.165, 1.54) is 0 Å². The van der Waals surface area contributed by atoms with E-state index in [-0.39, 0.29) is 5.97 Å². The third kappa shape index (κ3) is 7.05. The van der Waals surface area contributed by atoms with Gasteiger partial charge in [0.25, 0.3) is 0 Å². The lowest BCUT2D eigenvalue weighted by Gasteiger charge is -2.14. The first-order valence-corrected chi connectivity index (χ1v) is 5.93. The van der Waals surface area contributed by atoms with E-state index < -0.39 is 0 Å². The van der Waals surface area contributed by atoms with E-state index in [4.69, 9.17) is 4.74 Å². The second-order valence-electron chi connectivity index (χ2n) is 3.61. The molecule has 0 aromatic carbocycles. The maximum Gasteiger partial charge on any atom is 0.306 e. The van der Waals surface area contributed by atoms with Gasteiger partial charge in [0.05, 0.1) is 6.61 Å². The van der Waals surface area contributed by atoms with E-state index >= 15 is 0 Å². The highest BCUT2D eigenvalue weighted by Crippen LogP contribution is 2.17. The number of ether oxygens (including phenoxy) is 1. The highest BCUT2D eigenvalue weighted by Gasteiger charge is 2.12. The maximum absolute atomic E-state index is 11.1. The predicted molar refractivity (Wildman–Crippen MR) is 58.0 cm³/mol. The summed E-state index contributed by atoms with van der Waals surface area (Å²) in [7, 11) is 0. The van der Waals surface area contributed by atoms with E-state index in [1.54, 1.807) is 0 Å². The van der Waals surface area contributed by atoms with Crippen molar-refractivity contribution in [3.63, 3.8) is 0 Å². The number of hydrogen-bond acceptors (Lipinski definition) is 2. The maximum atomic E-state index is 11.1. The summed E-state index contributed by atoms with van der Waals surface area (Å²) >= 11 is 3.42. The molecule has 0 bridgehead atoms. The predicted octanol–water partition coefficient (Wildman–Crippen LogP) is 3.00. The molecule has 0 aromatic heterocycles. The van der Waals surface area contributed by atoms with E-state index in [9.17, 15) is 4.79 Å². The van der Waals surface area contributed by atoms with Gasteiger partial charge in [0.15, 0.2) is 0 Å². The van der Waals surface area contributed by atoms with Gasteiger partial charge in [0.1, 0.15) is 0 Å². The summed E-state index contributed by atoms with van der Waals surface area (Å²) in [5.74, 6) is 0.979. The van der Waals surface area contributed by atoms with Crippen LogP contribution in [-0.4, -0.2) is 17.9 Å². The fourth-order valence-electron chi connectivity index (χ4n) is 1.34. The molecule has 0 saturated carbocycles. The number of carbonyl (C=O) groups is 1. The van der Waals surface area contributed by atoms with Crippen LogP contribution in [0.2, 0.25) is 0 Å². The number of hydrogen-bond donors (Lipinski definition) is 0. The van der Waals surface area contributed by atoms with E-state index in [2.05, 4.69) is 29.8 Å². The summed E-state index contributed by atoms with van der Waals surface area (Å²) in [5, 5.41) is 1.00. The van der Waals surface area contributed by atoms with Crippen molar-refractivity contribution in [1.82, 2.24) is 0 Å². The fourth-order valence-corrected chi connectivity index (χ4v) is 1.60. The van der Waals surface area contributed by atoms with Gasteiger partial charge < -0.3 is 4.74 Å². The first-order chi connectivity index (χ1) is 6.10. The summed E-state index contributed by atoms with van der Waals surface area (Å²) in [6.07, 6.45) is 1.62. The average molecular weight is 251 g/mol. The Hall–Kier alpha value is -0.0500. The monoisotopic (exact) mass is 250 g/mol. The van der Waals surface area contributed by atoms with Crippen molar-refractivity contribution in [2.75, 3.05) is 11.9 Å². The molecule has 0 amide bonds. The second kappa shape index (κ2) is 7.36. The van der Waals surface area contributed by atoms with Crippen molar-refractivity contribution in [1.29, 1.82) is 0 Å². The fraction of sp³-hybridized carbons (Fsp3) is 0.900. The Balaban J connectivity index is 3.60. The van der Waals surface area contributed by atoms with Crippen molar-refractivity contribution in [3.8, 4) is 0 Å². The van der Waals surface area contributed by atoms with Crippen LogP contribution >= 0.6 is 15.9 Å². The van der Waals surface area contributed by atoms with Crippen molar-refractivity contribution in [2.24, 2.45) is 11.8 Å². The smallest absolute Gasteiger partial charge is 0.306 e. The Morgan fingerprint density at radius 2 is 2.00 bits per heavy atom. The third-order valence-electron chi connectivity index (χ3n) is 1.89. The van der Waals surface area contributed by atoms with Gasteiger partial charge in [-0.1, -0.05) is 29.8 Å². The first-order valence-electron chi connectivity index (χ1n) is 4.81. The van der Waals surface area contributed by atoms with Crippen molar-refractivity contribution < 1.29 is 9.53 Å². The Labute approximate surface area is 89.2 Å². The van der Waals surface area contributed by atoms with Gasteiger partial charge in [0, 0.05) is 11.8 Å². The van der Waals surface area contributed by atoms with Crippen LogP contribution in [0.15, 0.2) is 0 Å². The standard InChI is InChI=1S/C10H19BrO2/c1-4-13-10(12)6-8(2)5-9(3)7-11/h8-9H,4-7H2,1-3H3/t8-,9?/m1/s1. The van der Waals surface area contributed by atoms with Crippen LogP contribution < -0.4 is 0 Å². The lowest BCUT2D eigenvalue weighted by atomic mass is 9.96. The van der Waals surface area contributed by atoms with Crippen LogP contribution in [0.25, 0.3) is 0 Å². The van der Waals surface area contributed by atoms with Gasteiger partial charge in [-0.05, 0) is 25.2 Å². The number of alkyl halides is 1. The zero-order chi connectivity index (χ0) is 10.3. The molecule has 0 aromatic rings. The third-order valence-corrected chi connectivity index (χ3v) is 2.99. The zero-order valence-electron chi connectivity index (χ0n) is 8.68. The Bertz CT molecular complexity index is 148. The molecule has 13 heavy (non-hydrogen) atoms. The van der Waals surface area contributed by atoms with Crippen LogP contribution in [0.5, 0.6) is 0 Å². The molecule has 0 aliphatic rings. The summed E-state index contributed by atoms with van der Waals surface area (Å²) in [5.41, 5.74) is 0. The molecule has 0 radical (unpaired) electrons. The van der Waals surface area contributed by atoms with Crippen LogP contribution in [-0.2, 0) is 9.53 Å². The van der Waals surface area contributed by atoms with Crippen molar-refractivity contribution in [3.05, 3.63) is 0 Å². The molecule has 0 aliphatic carbocycles. The highest BCUT2D eigenvalue weighted by molar-refractivity contribution is 9.09. The molecule has 3 heteroatoms. The van der Waals surface area contributed by atoms with E-state index in [0.717, 1.165) is 11.8 Å². The zero-order valence-corrected chi connectivity index (χ0v) is 10.3. The molecule has 0 aliphatic heterocycles. The largest absolute Gasteiger partial charge is 0.466 e. The normalized spacial score (nSPS) is 15.1. The van der Waals surface area contributed by atoms with Crippen LogP contribution in [0.3, 0.4) is 0 Å². The van der Waals surface area contributed by atoms with Gasteiger partial charge in [-0.25, -0.2) is 0 Å². The summed E-state index contributed by atoms with van der Waals surface area (Å²) in [6.45, 7) is 6.59. The minimum absolute atomic E-state index is 0.0724. The number of esters is 1. The van der Waals surface area contributed by atoms with Crippen molar-refractivity contribution in [2.45, 2.75) is 33.6 Å². The molecule has 0 saturated heterocycles. The Morgan fingerprint density at radius 3 is 2.46 bits per heavy atom. The SMILES string of the molecule is CCOC(=O)C[C@H](C)CC(C)CBr. The highest BCUT2D eigenvalue weighted by atomic mass is 79.9. The molecule has 0 rings (SSSR count). The first kappa shape index (κ1) is 12.9. The number of carbonyl (C=O) groups excluding carboxylic acids is 1. The van der Waals surface area contributed by atoms with E-state index in [1.807, 2.05) is 6.92 Å². The minimum atomic E-state index is -0.0724. The second-order valence-corrected chi connectivity index (χ2v) is 4.26.